The van der Waals surface area contributed by atoms with Crippen molar-refractivity contribution in [1.82, 2.24) is 0 Å². The Bertz CT molecular complexity index is 775. The van der Waals surface area contributed by atoms with Crippen LogP contribution < -0.4 is 0 Å². The van der Waals surface area contributed by atoms with Crippen molar-refractivity contribution >= 4 is 22.8 Å². The molecule has 1 aromatic carbocycles. The summed E-state index contributed by atoms with van der Waals surface area (Å²) in [5, 5.41) is 0.161. The maximum atomic E-state index is 12.6. The topological polar surface area (TPSA) is 43.4 Å². The number of carbonyl (C=O) groups is 2. The molecule has 2 atom stereocenters. The highest BCUT2D eigenvalue weighted by Gasteiger charge is 2.61. The summed E-state index contributed by atoms with van der Waals surface area (Å²) in [7, 11) is 0. The summed E-state index contributed by atoms with van der Waals surface area (Å²) < 4.78 is 5.59. The number of hydrogen-bond acceptors (Lipinski definition) is 4. The highest BCUT2D eigenvalue weighted by atomic mass is 32.2. The molecule has 0 amide bonds. The first-order valence-electron chi connectivity index (χ1n) is 9.05. The minimum absolute atomic E-state index is 0.0994. The molecule has 26 heavy (non-hydrogen) atoms. The average Bonchev–Trinajstić information content (AvgIpc) is 2.87. The van der Waals surface area contributed by atoms with E-state index in [-0.39, 0.29) is 34.9 Å². The van der Waals surface area contributed by atoms with E-state index in [2.05, 4.69) is 32.6 Å². The van der Waals surface area contributed by atoms with Crippen molar-refractivity contribution in [2.24, 2.45) is 17.3 Å². The molecule has 1 saturated heterocycles. The minimum atomic E-state index is -0.166. The van der Waals surface area contributed by atoms with Gasteiger partial charge in [0.25, 0.3) is 0 Å². The van der Waals surface area contributed by atoms with Crippen molar-refractivity contribution in [3.8, 4) is 0 Å². The molecule has 1 aromatic rings. The Labute approximate surface area is 159 Å². The molecule has 0 spiro atoms. The molecule has 4 heteroatoms. The fraction of sp³-hybridized carbons (Fsp3) is 0.455. The fourth-order valence-corrected chi connectivity index (χ4v) is 4.54. The highest BCUT2D eigenvalue weighted by Crippen LogP contribution is 2.60. The van der Waals surface area contributed by atoms with E-state index in [1.54, 1.807) is 0 Å². The van der Waals surface area contributed by atoms with Crippen molar-refractivity contribution in [1.29, 1.82) is 0 Å². The van der Waals surface area contributed by atoms with Gasteiger partial charge in [-0.05, 0) is 42.2 Å². The van der Waals surface area contributed by atoms with E-state index in [1.807, 2.05) is 25.1 Å². The van der Waals surface area contributed by atoms with Crippen LogP contribution in [0.5, 0.6) is 0 Å². The van der Waals surface area contributed by atoms with Crippen molar-refractivity contribution < 1.29 is 14.3 Å². The SMILES string of the molecule is C=C(C)Cc1cccc(COC(=O)C2C(/C=C3\CCSC3=O)C2(C)C)c1. The lowest BCUT2D eigenvalue weighted by Gasteiger charge is -2.08. The Morgan fingerprint density at radius 3 is 2.77 bits per heavy atom. The molecule has 1 heterocycles. The van der Waals surface area contributed by atoms with Gasteiger partial charge in [0.15, 0.2) is 0 Å². The van der Waals surface area contributed by atoms with E-state index in [1.165, 1.54) is 17.3 Å². The Hall–Kier alpha value is -1.81. The summed E-state index contributed by atoms with van der Waals surface area (Å²) in [6, 6.07) is 8.08. The second-order valence-corrected chi connectivity index (χ2v) is 9.03. The normalized spacial score (nSPS) is 25.3. The predicted molar refractivity (Wildman–Crippen MR) is 106 cm³/mol. The zero-order valence-corrected chi connectivity index (χ0v) is 16.5. The number of hydrogen-bond donors (Lipinski definition) is 0. The second-order valence-electron chi connectivity index (χ2n) is 7.96. The highest BCUT2D eigenvalue weighted by molar-refractivity contribution is 8.14. The van der Waals surface area contributed by atoms with Crippen LogP contribution in [-0.4, -0.2) is 16.8 Å². The smallest absolute Gasteiger partial charge is 0.310 e. The van der Waals surface area contributed by atoms with E-state index in [4.69, 9.17) is 4.74 Å². The van der Waals surface area contributed by atoms with Gasteiger partial charge in [-0.3, -0.25) is 9.59 Å². The Kier molecular flexibility index (Phi) is 5.42. The molecular formula is C22H26O3S. The summed E-state index contributed by atoms with van der Waals surface area (Å²) in [5.41, 5.74) is 4.01. The van der Waals surface area contributed by atoms with Crippen molar-refractivity contribution in [3.05, 3.63) is 59.2 Å². The van der Waals surface area contributed by atoms with Crippen molar-refractivity contribution in [3.63, 3.8) is 0 Å². The monoisotopic (exact) mass is 370 g/mol. The van der Waals surface area contributed by atoms with Gasteiger partial charge in [0, 0.05) is 11.3 Å². The maximum absolute atomic E-state index is 12.6. The van der Waals surface area contributed by atoms with Gasteiger partial charge in [-0.25, -0.2) is 0 Å². The summed E-state index contributed by atoms with van der Waals surface area (Å²) in [5.74, 6) is 0.627. The molecule has 2 unspecified atom stereocenters. The number of esters is 1. The summed E-state index contributed by atoms with van der Waals surface area (Å²) >= 11 is 1.37. The van der Waals surface area contributed by atoms with Crippen LogP contribution in [0.2, 0.25) is 0 Å². The summed E-state index contributed by atoms with van der Waals surface area (Å²) in [6.07, 6.45) is 3.66. The molecular weight excluding hydrogens is 344 g/mol. The molecule has 0 aromatic heterocycles. The number of carbonyl (C=O) groups excluding carboxylic acids is 2. The van der Waals surface area contributed by atoms with Crippen LogP contribution in [-0.2, 0) is 27.4 Å². The first-order chi connectivity index (χ1) is 12.3. The number of thioether (sulfide) groups is 1. The van der Waals surface area contributed by atoms with Crippen molar-refractivity contribution in [2.45, 2.75) is 40.2 Å². The van der Waals surface area contributed by atoms with E-state index < -0.39 is 0 Å². The zero-order valence-electron chi connectivity index (χ0n) is 15.7. The molecule has 0 N–H and O–H groups in total. The third-order valence-electron chi connectivity index (χ3n) is 5.29. The molecule has 3 nitrogen and oxygen atoms in total. The molecule has 0 radical (unpaired) electrons. The Morgan fingerprint density at radius 1 is 1.38 bits per heavy atom. The molecule has 2 aliphatic rings. The second kappa shape index (κ2) is 7.43. The molecule has 0 bridgehead atoms. The first kappa shape index (κ1) is 19.0. The standard InChI is InChI=1S/C22H26O3S/c1-14(2)10-15-6-5-7-16(11-15)13-25-20(23)19-18(22(19,3)4)12-17-8-9-26-21(17)24/h5-7,11-12,18-19H,1,8-10,13H2,2-4H3/b17-12+. The lowest BCUT2D eigenvalue weighted by Crippen LogP contribution is -2.10. The minimum Gasteiger partial charge on any atom is -0.461 e. The van der Waals surface area contributed by atoms with Gasteiger partial charge in [0.1, 0.15) is 6.61 Å². The van der Waals surface area contributed by atoms with Gasteiger partial charge in [-0.2, -0.15) is 0 Å². The van der Waals surface area contributed by atoms with Gasteiger partial charge in [-0.15, -0.1) is 0 Å². The number of benzene rings is 1. The van der Waals surface area contributed by atoms with Crippen LogP contribution in [0.25, 0.3) is 0 Å². The largest absolute Gasteiger partial charge is 0.461 e. The van der Waals surface area contributed by atoms with Crippen molar-refractivity contribution in [2.75, 3.05) is 5.75 Å². The van der Waals surface area contributed by atoms with Crippen LogP contribution in [0.4, 0.5) is 0 Å². The van der Waals surface area contributed by atoms with Crippen LogP contribution in [0, 0.1) is 17.3 Å². The Balaban J connectivity index is 1.60. The van der Waals surface area contributed by atoms with Gasteiger partial charge in [0.05, 0.1) is 5.92 Å². The quantitative estimate of drug-likeness (QED) is 0.413. The molecule has 1 saturated carbocycles. The van der Waals surface area contributed by atoms with E-state index in [0.29, 0.717) is 0 Å². The average molecular weight is 371 g/mol. The number of rotatable bonds is 6. The van der Waals surface area contributed by atoms with Crippen LogP contribution >= 0.6 is 11.8 Å². The van der Waals surface area contributed by atoms with Gasteiger partial charge < -0.3 is 4.74 Å². The van der Waals surface area contributed by atoms with E-state index in [9.17, 15) is 9.59 Å². The van der Waals surface area contributed by atoms with Crippen LogP contribution in [0.15, 0.2) is 48.1 Å². The molecule has 138 valence electrons. The molecule has 1 aliphatic carbocycles. The predicted octanol–water partition coefficient (Wildman–Crippen LogP) is 4.71. The zero-order chi connectivity index (χ0) is 18.9. The van der Waals surface area contributed by atoms with E-state index in [0.717, 1.165) is 35.3 Å². The maximum Gasteiger partial charge on any atom is 0.310 e. The molecule has 3 rings (SSSR count). The first-order valence-corrected chi connectivity index (χ1v) is 10.0. The fourth-order valence-electron chi connectivity index (χ4n) is 3.68. The summed E-state index contributed by atoms with van der Waals surface area (Å²) in [6.45, 7) is 10.4. The number of allylic oxidation sites excluding steroid dienone is 2. The van der Waals surface area contributed by atoms with Crippen LogP contribution in [0.1, 0.15) is 38.3 Å². The van der Waals surface area contributed by atoms with Gasteiger partial charge in [-0.1, -0.05) is 68.1 Å². The van der Waals surface area contributed by atoms with Crippen LogP contribution in [0.3, 0.4) is 0 Å². The van der Waals surface area contributed by atoms with Gasteiger partial charge >= 0.3 is 5.97 Å². The lowest BCUT2D eigenvalue weighted by atomic mass is 10.1. The third-order valence-corrected chi connectivity index (χ3v) is 6.22. The van der Waals surface area contributed by atoms with E-state index >= 15 is 0 Å². The molecule has 1 aliphatic heterocycles. The number of ether oxygens (including phenoxy) is 1. The summed E-state index contributed by atoms with van der Waals surface area (Å²) in [4.78, 5) is 24.4. The third kappa shape index (κ3) is 4.12. The van der Waals surface area contributed by atoms with Gasteiger partial charge in [0.2, 0.25) is 5.12 Å². The Morgan fingerprint density at radius 2 is 2.12 bits per heavy atom. The molecule has 2 fully saturated rings. The lowest BCUT2D eigenvalue weighted by molar-refractivity contribution is -0.147.